The lowest BCUT2D eigenvalue weighted by Crippen LogP contribution is -2.48. The van der Waals surface area contributed by atoms with Gasteiger partial charge in [-0.1, -0.05) is 39.0 Å². The van der Waals surface area contributed by atoms with Crippen molar-refractivity contribution in [3.8, 4) is 0 Å². The molecule has 12 nitrogen and oxygen atoms in total. The maximum Gasteiger partial charge on any atom is 0.353 e. The minimum Gasteiger partial charge on any atom is -0.407 e. The zero-order valence-corrected chi connectivity index (χ0v) is 26.5. The van der Waals surface area contributed by atoms with Crippen molar-refractivity contribution in [2.45, 2.75) is 63.4 Å². The molecular weight excluding hydrogens is 565 g/mol. The Labute approximate surface area is 241 Å². The fourth-order valence-electron chi connectivity index (χ4n) is 4.24. The van der Waals surface area contributed by atoms with E-state index in [2.05, 4.69) is 54.1 Å². The first-order chi connectivity index (χ1) is 19.3. The summed E-state index contributed by atoms with van der Waals surface area (Å²) in [4.78, 5) is 26.1. The molecule has 3 aromatic rings. The van der Waals surface area contributed by atoms with E-state index in [0.717, 1.165) is 0 Å². The molecule has 1 N–H and O–H groups in total. The van der Waals surface area contributed by atoms with Gasteiger partial charge in [-0.15, -0.1) is 0 Å². The van der Waals surface area contributed by atoms with Crippen molar-refractivity contribution in [1.82, 2.24) is 19.5 Å². The highest BCUT2D eigenvalue weighted by Crippen LogP contribution is 2.49. The standard InChI is InChI=1S/C27H38N5O7PSi/c1-27(2,3)41(7,8)39-22-21(35-4)19(14-15-40(34,36-5)37-6)38-26(22)32-17-30-20-23(28-16-29-24(20)32)31-25(33)18-12-10-9-11-13-18/h9-17,19,21-22,26H,1-8H3,(H,28,29,31,33)/t19-,21-,22-,26-/m1/s1. The second-order valence-corrected chi connectivity index (χ2v) is 18.0. The fourth-order valence-corrected chi connectivity index (χ4v) is 6.30. The lowest BCUT2D eigenvalue weighted by Gasteiger charge is -2.40. The summed E-state index contributed by atoms with van der Waals surface area (Å²) in [5.74, 6) is 1.31. The molecule has 222 valence electrons. The summed E-state index contributed by atoms with van der Waals surface area (Å²) in [7, 11) is -1.58. The SMILES string of the molecule is CO[C@H]1[C@@H](O[Si](C)(C)C(C)(C)C)[C@H](n2cnc3c(NC(=O)c4ccccc4)ncnc32)O[C@@H]1C=CP(=O)(OC)OC. The first-order valence-electron chi connectivity index (χ1n) is 13.1. The van der Waals surface area contributed by atoms with Gasteiger partial charge in [0.1, 0.15) is 24.6 Å². The molecule has 1 amide bonds. The number of hydrogen-bond donors (Lipinski definition) is 1. The van der Waals surface area contributed by atoms with E-state index in [1.165, 1.54) is 26.4 Å². The highest BCUT2D eigenvalue weighted by Gasteiger charge is 2.51. The Hall–Kier alpha value is -2.77. The van der Waals surface area contributed by atoms with Gasteiger partial charge < -0.3 is 28.3 Å². The van der Waals surface area contributed by atoms with Gasteiger partial charge in [-0.05, 0) is 36.3 Å². The number of carbonyl (C=O) groups is 1. The fraction of sp³-hybridized carbons (Fsp3) is 0.481. The van der Waals surface area contributed by atoms with Crippen LogP contribution in [0.5, 0.6) is 0 Å². The second-order valence-electron chi connectivity index (χ2n) is 11.1. The number of aromatic nitrogens is 4. The number of nitrogens with one attached hydrogen (secondary N) is 1. The molecule has 0 radical (unpaired) electrons. The summed E-state index contributed by atoms with van der Waals surface area (Å²) in [6, 6.07) is 8.84. The molecule has 14 heteroatoms. The molecule has 0 saturated carbocycles. The highest BCUT2D eigenvalue weighted by molar-refractivity contribution is 7.57. The number of imidazole rings is 1. The van der Waals surface area contributed by atoms with E-state index in [-0.39, 0.29) is 16.8 Å². The lowest BCUT2D eigenvalue weighted by molar-refractivity contribution is -0.0204. The monoisotopic (exact) mass is 603 g/mol. The third-order valence-corrected chi connectivity index (χ3v) is 13.6. The van der Waals surface area contributed by atoms with Gasteiger partial charge in [0.25, 0.3) is 5.91 Å². The molecule has 0 bridgehead atoms. The van der Waals surface area contributed by atoms with E-state index in [4.69, 9.17) is 22.9 Å². The number of fused-ring (bicyclic) bond motifs is 1. The van der Waals surface area contributed by atoms with Crippen LogP contribution in [0, 0.1) is 0 Å². The predicted molar refractivity (Wildman–Crippen MR) is 157 cm³/mol. The van der Waals surface area contributed by atoms with Gasteiger partial charge in [0.15, 0.2) is 31.5 Å². The quantitative estimate of drug-likeness (QED) is 0.238. The zero-order valence-electron chi connectivity index (χ0n) is 24.6. The van der Waals surface area contributed by atoms with Crippen LogP contribution in [-0.4, -0.2) is 73.4 Å². The maximum atomic E-state index is 12.8. The summed E-state index contributed by atoms with van der Waals surface area (Å²) < 4.78 is 43.9. The molecule has 41 heavy (non-hydrogen) atoms. The van der Waals surface area contributed by atoms with Crippen LogP contribution in [0.3, 0.4) is 0 Å². The summed E-state index contributed by atoms with van der Waals surface area (Å²) >= 11 is 0. The van der Waals surface area contributed by atoms with Crippen LogP contribution in [0.15, 0.2) is 54.9 Å². The smallest absolute Gasteiger partial charge is 0.353 e. The van der Waals surface area contributed by atoms with Crippen molar-refractivity contribution in [1.29, 1.82) is 0 Å². The van der Waals surface area contributed by atoms with Crippen LogP contribution in [0.4, 0.5) is 5.82 Å². The Morgan fingerprint density at radius 2 is 1.76 bits per heavy atom. The molecule has 1 saturated heterocycles. The van der Waals surface area contributed by atoms with Crippen LogP contribution >= 0.6 is 7.60 Å². The average Bonchev–Trinajstić information content (AvgIpc) is 3.52. The van der Waals surface area contributed by atoms with E-state index < -0.39 is 40.5 Å². The van der Waals surface area contributed by atoms with Crippen LogP contribution in [0.25, 0.3) is 11.2 Å². The molecule has 3 heterocycles. The number of rotatable bonds is 10. The van der Waals surface area contributed by atoms with Crippen molar-refractivity contribution in [3.05, 3.63) is 60.4 Å². The number of benzene rings is 1. The summed E-state index contributed by atoms with van der Waals surface area (Å²) in [5.41, 5.74) is 1.32. The Bertz CT molecular complexity index is 1430. The molecular formula is C27H38N5O7PSi. The Kier molecular flexibility index (Phi) is 9.29. The molecule has 1 aromatic carbocycles. The Morgan fingerprint density at radius 3 is 2.37 bits per heavy atom. The summed E-state index contributed by atoms with van der Waals surface area (Å²) in [6.07, 6.45) is 2.04. The van der Waals surface area contributed by atoms with Gasteiger partial charge in [0.05, 0.1) is 6.33 Å². The van der Waals surface area contributed by atoms with Gasteiger partial charge in [-0.25, -0.2) is 15.0 Å². The normalized spacial score (nSPS) is 22.0. The lowest BCUT2D eigenvalue weighted by atomic mass is 10.1. The van der Waals surface area contributed by atoms with E-state index in [0.29, 0.717) is 16.7 Å². The van der Waals surface area contributed by atoms with Crippen molar-refractivity contribution < 1.29 is 32.3 Å². The van der Waals surface area contributed by atoms with E-state index in [1.54, 1.807) is 48.3 Å². The van der Waals surface area contributed by atoms with Gasteiger partial charge in [-0.2, -0.15) is 0 Å². The topological polar surface area (TPSA) is 136 Å². The van der Waals surface area contributed by atoms with Crippen LogP contribution in [0.2, 0.25) is 18.1 Å². The first kappa shape index (κ1) is 31.2. The third-order valence-electron chi connectivity index (χ3n) is 7.60. The second kappa shape index (κ2) is 12.2. The zero-order chi connectivity index (χ0) is 30.0. The maximum absolute atomic E-state index is 12.8. The number of anilines is 1. The van der Waals surface area contributed by atoms with Crippen molar-refractivity contribution in [3.63, 3.8) is 0 Å². The molecule has 0 unspecified atom stereocenters. The molecule has 1 fully saturated rings. The van der Waals surface area contributed by atoms with Crippen molar-refractivity contribution in [2.24, 2.45) is 0 Å². The predicted octanol–water partition coefficient (Wildman–Crippen LogP) is 5.38. The van der Waals surface area contributed by atoms with Crippen LogP contribution in [0.1, 0.15) is 37.4 Å². The van der Waals surface area contributed by atoms with Crippen LogP contribution in [-0.2, 0) is 27.5 Å². The number of carbonyl (C=O) groups excluding carboxylic acids is 1. The largest absolute Gasteiger partial charge is 0.407 e. The number of hydrogen-bond acceptors (Lipinski definition) is 10. The van der Waals surface area contributed by atoms with E-state index in [9.17, 15) is 9.36 Å². The molecule has 2 aromatic heterocycles. The minimum atomic E-state index is -3.45. The van der Waals surface area contributed by atoms with Crippen molar-refractivity contribution >= 4 is 38.8 Å². The Balaban J connectivity index is 1.74. The van der Waals surface area contributed by atoms with Gasteiger partial charge >= 0.3 is 7.60 Å². The summed E-state index contributed by atoms with van der Waals surface area (Å²) in [5, 5.41) is 2.73. The van der Waals surface area contributed by atoms with Crippen molar-refractivity contribution in [2.75, 3.05) is 26.6 Å². The number of nitrogens with zero attached hydrogens (tertiary/aromatic N) is 4. The molecule has 0 aliphatic carbocycles. The average molecular weight is 604 g/mol. The molecule has 1 aliphatic rings. The molecule has 4 atom stereocenters. The first-order valence-corrected chi connectivity index (χ1v) is 17.7. The number of amides is 1. The van der Waals surface area contributed by atoms with E-state index >= 15 is 0 Å². The molecule has 0 spiro atoms. The van der Waals surface area contributed by atoms with Gasteiger partial charge in [-0.3, -0.25) is 13.9 Å². The molecule has 1 aliphatic heterocycles. The Morgan fingerprint density at radius 1 is 1.07 bits per heavy atom. The molecule has 4 rings (SSSR count). The van der Waals surface area contributed by atoms with Gasteiger partial charge in [0.2, 0.25) is 0 Å². The minimum absolute atomic E-state index is 0.0976. The highest BCUT2D eigenvalue weighted by atomic mass is 31.2. The summed E-state index contributed by atoms with van der Waals surface area (Å²) in [6.45, 7) is 10.7. The third kappa shape index (κ3) is 6.51. The van der Waals surface area contributed by atoms with Crippen LogP contribution < -0.4 is 5.32 Å². The van der Waals surface area contributed by atoms with Gasteiger partial charge in [0, 0.05) is 32.7 Å². The number of methoxy groups -OCH3 is 1. The van der Waals surface area contributed by atoms with E-state index in [1.807, 2.05) is 6.07 Å². The number of ether oxygens (including phenoxy) is 2.